The standard InChI is InChI=1S/C12H20N4O2/c1-9(7-12(17)18)16-11(13-14-15-16)8-10-5-3-2-4-6-10/h9-10H,2-8H2,1H3,(H,17,18). The molecule has 1 aliphatic carbocycles. The number of aromatic nitrogens is 4. The van der Waals surface area contributed by atoms with E-state index in [2.05, 4.69) is 15.5 Å². The third-order valence-electron chi connectivity index (χ3n) is 3.64. The van der Waals surface area contributed by atoms with Gasteiger partial charge in [-0.1, -0.05) is 32.1 Å². The average Bonchev–Trinajstić information content (AvgIpc) is 2.77. The van der Waals surface area contributed by atoms with Gasteiger partial charge in [-0.15, -0.1) is 5.10 Å². The van der Waals surface area contributed by atoms with Gasteiger partial charge in [-0.3, -0.25) is 4.79 Å². The highest BCUT2D eigenvalue weighted by molar-refractivity contribution is 5.67. The second-order valence-corrected chi connectivity index (χ2v) is 5.19. The predicted octanol–water partition coefficient (Wildman–Crippen LogP) is 1.83. The molecule has 6 nitrogen and oxygen atoms in total. The molecule has 2 rings (SSSR count). The van der Waals surface area contributed by atoms with Crippen LogP contribution in [0.25, 0.3) is 0 Å². The normalized spacial score (nSPS) is 18.7. The minimum atomic E-state index is -0.818. The number of nitrogens with zero attached hydrogens (tertiary/aromatic N) is 4. The van der Waals surface area contributed by atoms with Gasteiger partial charge in [0.2, 0.25) is 0 Å². The van der Waals surface area contributed by atoms with E-state index in [4.69, 9.17) is 5.11 Å². The Balaban J connectivity index is 2.00. The van der Waals surface area contributed by atoms with E-state index in [1.54, 1.807) is 4.68 Å². The Morgan fingerprint density at radius 2 is 2.17 bits per heavy atom. The van der Waals surface area contributed by atoms with Gasteiger partial charge < -0.3 is 5.11 Å². The average molecular weight is 252 g/mol. The number of rotatable bonds is 5. The van der Waals surface area contributed by atoms with Crippen molar-refractivity contribution < 1.29 is 9.90 Å². The number of carboxylic acids is 1. The van der Waals surface area contributed by atoms with Gasteiger partial charge in [-0.05, 0) is 23.3 Å². The fourth-order valence-corrected chi connectivity index (χ4v) is 2.68. The molecule has 100 valence electrons. The monoisotopic (exact) mass is 252 g/mol. The van der Waals surface area contributed by atoms with Crippen molar-refractivity contribution in [2.75, 3.05) is 0 Å². The lowest BCUT2D eigenvalue weighted by Gasteiger charge is -2.21. The van der Waals surface area contributed by atoms with E-state index in [9.17, 15) is 4.79 Å². The first-order valence-electron chi connectivity index (χ1n) is 6.65. The highest BCUT2D eigenvalue weighted by atomic mass is 16.4. The van der Waals surface area contributed by atoms with Crippen LogP contribution in [0, 0.1) is 5.92 Å². The topological polar surface area (TPSA) is 80.9 Å². The molecule has 1 aromatic heterocycles. The molecule has 1 atom stereocenters. The van der Waals surface area contributed by atoms with Crippen LogP contribution in [0.1, 0.15) is 57.3 Å². The van der Waals surface area contributed by atoms with E-state index in [-0.39, 0.29) is 12.5 Å². The molecule has 1 heterocycles. The van der Waals surface area contributed by atoms with Crippen LogP contribution >= 0.6 is 0 Å². The Labute approximate surface area is 106 Å². The molecule has 1 fully saturated rings. The fraction of sp³-hybridized carbons (Fsp3) is 0.833. The number of hydrogen-bond acceptors (Lipinski definition) is 4. The minimum Gasteiger partial charge on any atom is -0.481 e. The van der Waals surface area contributed by atoms with Gasteiger partial charge in [0.15, 0.2) is 5.82 Å². The zero-order valence-corrected chi connectivity index (χ0v) is 10.7. The maximum atomic E-state index is 10.7. The van der Waals surface area contributed by atoms with E-state index in [0.717, 1.165) is 12.2 Å². The number of tetrazole rings is 1. The second-order valence-electron chi connectivity index (χ2n) is 5.19. The van der Waals surface area contributed by atoms with Crippen molar-refractivity contribution in [2.45, 2.75) is 57.9 Å². The summed E-state index contributed by atoms with van der Waals surface area (Å²) >= 11 is 0. The van der Waals surface area contributed by atoms with Gasteiger partial charge in [0.25, 0.3) is 0 Å². The molecular formula is C12H20N4O2. The molecule has 1 unspecified atom stereocenters. The van der Waals surface area contributed by atoms with Crippen molar-refractivity contribution in [3.8, 4) is 0 Å². The van der Waals surface area contributed by atoms with Gasteiger partial charge in [0, 0.05) is 6.42 Å². The summed E-state index contributed by atoms with van der Waals surface area (Å²) in [5.41, 5.74) is 0. The molecule has 0 saturated heterocycles. The van der Waals surface area contributed by atoms with Crippen molar-refractivity contribution in [1.82, 2.24) is 20.2 Å². The van der Waals surface area contributed by atoms with Crippen LogP contribution in [0.15, 0.2) is 0 Å². The first-order chi connectivity index (χ1) is 8.66. The minimum absolute atomic E-state index is 0.0582. The molecule has 0 amide bonds. The van der Waals surface area contributed by atoms with Crippen LogP contribution < -0.4 is 0 Å². The highest BCUT2D eigenvalue weighted by Gasteiger charge is 2.20. The molecule has 0 aromatic carbocycles. The highest BCUT2D eigenvalue weighted by Crippen LogP contribution is 2.26. The van der Waals surface area contributed by atoms with Crippen molar-refractivity contribution in [3.63, 3.8) is 0 Å². The molecular weight excluding hydrogens is 232 g/mol. The van der Waals surface area contributed by atoms with Crippen LogP contribution in [-0.2, 0) is 11.2 Å². The van der Waals surface area contributed by atoms with Crippen molar-refractivity contribution in [3.05, 3.63) is 5.82 Å². The maximum Gasteiger partial charge on any atom is 0.305 e. The van der Waals surface area contributed by atoms with E-state index in [1.807, 2.05) is 6.92 Å². The summed E-state index contributed by atoms with van der Waals surface area (Å²) in [5, 5.41) is 20.5. The molecule has 0 bridgehead atoms. The van der Waals surface area contributed by atoms with Gasteiger partial charge in [-0.2, -0.15) is 0 Å². The number of aliphatic carboxylic acids is 1. The molecule has 0 aliphatic heterocycles. The first-order valence-corrected chi connectivity index (χ1v) is 6.65. The summed E-state index contributed by atoms with van der Waals surface area (Å²) in [4.78, 5) is 10.7. The molecule has 18 heavy (non-hydrogen) atoms. The summed E-state index contributed by atoms with van der Waals surface area (Å²) in [5.74, 6) is 0.665. The Morgan fingerprint density at radius 3 is 2.83 bits per heavy atom. The largest absolute Gasteiger partial charge is 0.481 e. The summed E-state index contributed by atoms with van der Waals surface area (Å²) in [6, 6.07) is -0.184. The molecule has 1 aliphatic rings. The zero-order valence-electron chi connectivity index (χ0n) is 10.7. The Morgan fingerprint density at radius 1 is 1.44 bits per heavy atom. The fourth-order valence-electron chi connectivity index (χ4n) is 2.68. The number of carboxylic acid groups (broad SMARTS) is 1. The molecule has 1 N–H and O–H groups in total. The van der Waals surface area contributed by atoms with Gasteiger partial charge in [0.1, 0.15) is 0 Å². The SMILES string of the molecule is CC(CC(=O)O)n1nnnc1CC1CCCCC1. The van der Waals surface area contributed by atoms with Crippen molar-refractivity contribution in [1.29, 1.82) is 0 Å². The second kappa shape index (κ2) is 5.93. The summed E-state index contributed by atoms with van der Waals surface area (Å²) in [7, 11) is 0. The lowest BCUT2D eigenvalue weighted by Crippen LogP contribution is -2.18. The smallest absolute Gasteiger partial charge is 0.305 e. The molecule has 1 saturated carbocycles. The lowest BCUT2D eigenvalue weighted by molar-refractivity contribution is -0.137. The van der Waals surface area contributed by atoms with Gasteiger partial charge >= 0.3 is 5.97 Å². The van der Waals surface area contributed by atoms with Crippen LogP contribution in [0.4, 0.5) is 0 Å². The van der Waals surface area contributed by atoms with E-state index in [1.165, 1.54) is 32.1 Å². The van der Waals surface area contributed by atoms with E-state index < -0.39 is 5.97 Å². The zero-order chi connectivity index (χ0) is 13.0. The Hall–Kier alpha value is -1.46. The summed E-state index contributed by atoms with van der Waals surface area (Å²) < 4.78 is 1.67. The van der Waals surface area contributed by atoms with Gasteiger partial charge in [0.05, 0.1) is 12.5 Å². The molecule has 0 spiro atoms. The molecule has 1 aromatic rings. The lowest BCUT2D eigenvalue weighted by atomic mass is 9.87. The summed E-state index contributed by atoms with van der Waals surface area (Å²) in [6.45, 7) is 1.84. The van der Waals surface area contributed by atoms with Crippen LogP contribution in [0.3, 0.4) is 0 Å². The Kier molecular flexibility index (Phi) is 4.28. The Bertz CT molecular complexity index is 399. The van der Waals surface area contributed by atoms with Crippen LogP contribution in [0.2, 0.25) is 0 Å². The first kappa shape index (κ1) is 13.0. The quantitative estimate of drug-likeness (QED) is 0.864. The van der Waals surface area contributed by atoms with Crippen LogP contribution in [-0.4, -0.2) is 31.3 Å². The van der Waals surface area contributed by atoms with Gasteiger partial charge in [-0.25, -0.2) is 4.68 Å². The van der Waals surface area contributed by atoms with Crippen molar-refractivity contribution in [2.24, 2.45) is 5.92 Å². The third kappa shape index (κ3) is 3.27. The molecule has 0 radical (unpaired) electrons. The number of hydrogen-bond donors (Lipinski definition) is 1. The third-order valence-corrected chi connectivity index (χ3v) is 3.64. The van der Waals surface area contributed by atoms with E-state index >= 15 is 0 Å². The van der Waals surface area contributed by atoms with Crippen molar-refractivity contribution >= 4 is 5.97 Å². The van der Waals surface area contributed by atoms with E-state index in [0.29, 0.717) is 5.92 Å². The number of carbonyl (C=O) groups is 1. The maximum absolute atomic E-state index is 10.7. The van der Waals surface area contributed by atoms with Crippen LogP contribution in [0.5, 0.6) is 0 Å². The summed E-state index contributed by atoms with van der Waals surface area (Å²) in [6.07, 6.45) is 7.31. The molecule has 6 heteroatoms. The predicted molar refractivity (Wildman–Crippen MR) is 65.1 cm³/mol.